The molecule has 90 valence electrons. The standard InChI is InChI=1S/C10H10Cl2F3N/c11-8-3-1-2-6(9(8)12)4-7(5-16)10(13,14)15/h1-3,7H,4-5,16H2. The minimum Gasteiger partial charge on any atom is -0.330 e. The summed E-state index contributed by atoms with van der Waals surface area (Å²) in [4.78, 5) is 0. The first-order valence-electron chi connectivity index (χ1n) is 4.56. The summed E-state index contributed by atoms with van der Waals surface area (Å²) < 4.78 is 37.4. The number of alkyl halides is 3. The van der Waals surface area contributed by atoms with Crippen LogP contribution >= 0.6 is 23.2 Å². The van der Waals surface area contributed by atoms with E-state index in [4.69, 9.17) is 28.9 Å². The van der Waals surface area contributed by atoms with Gasteiger partial charge in [0.2, 0.25) is 0 Å². The van der Waals surface area contributed by atoms with Crippen LogP contribution in [0.25, 0.3) is 0 Å². The minimum absolute atomic E-state index is 0.159. The van der Waals surface area contributed by atoms with Gasteiger partial charge in [-0.25, -0.2) is 0 Å². The Morgan fingerprint density at radius 3 is 2.38 bits per heavy atom. The van der Waals surface area contributed by atoms with E-state index < -0.39 is 18.6 Å². The van der Waals surface area contributed by atoms with Gasteiger partial charge >= 0.3 is 6.18 Å². The molecule has 0 saturated carbocycles. The molecule has 0 radical (unpaired) electrons. The van der Waals surface area contributed by atoms with Crippen LogP contribution in [0.15, 0.2) is 18.2 Å². The van der Waals surface area contributed by atoms with E-state index in [0.717, 1.165) is 0 Å². The van der Waals surface area contributed by atoms with Gasteiger partial charge in [-0.1, -0.05) is 35.3 Å². The van der Waals surface area contributed by atoms with Gasteiger partial charge in [-0.3, -0.25) is 0 Å². The van der Waals surface area contributed by atoms with Crippen LogP contribution in [-0.2, 0) is 6.42 Å². The molecule has 1 nitrogen and oxygen atoms in total. The summed E-state index contributed by atoms with van der Waals surface area (Å²) in [5.41, 5.74) is 5.46. The van der Waals surface area contributed by atoms with Crippen molar-refractivity contribution in [1.82, 2.24) is 0 Å². The molecule has 1 aromatic carbocycles. The molecule has 0 heterocycles. The van der Waals surface area contributed by atoms with Crippen LogP contribution < -0.4 is 5.73 Å². The molecule has 0 fully saturated rings. The monoisotopic (exact) mass is 271 g/mol. The summed E-state index contributed by atoms with van der Waals surface area (Å²) in [6, 6.07) is 4.61. The van der Waals surface area contributed by atoms with Gasteiger partial charge in [0.25, 0.3) is 0 Å². The van der Waals surface area contributed by atoms with Gasteiger partial charge in [-0.15, -0.1) is 0 Å². The van der Waals surface area contributed by atoms with E-state index in [1.54, 1.807) is 6.07 Å². The second kappa shape index (κ2) is 5.25. The summed E-state index contributed by atoms with van der Waals surface area (Å²) in [5.74, 6) is -1.59. The predicted molar refractivity (Wildman–Crippen MR) is 58.8 cm³/mol. The van der Waals surface area contributed by atoms with Crippen molar-refractivity contribution in [2.75, 3.05) is 6.54 Å². The average molecular weight is 272 g/mol. The highest BCUT2D eigenvalue weighted by molar-refractivity contribution is 6.42. The van der Waals surface area contributed by atoms with Crippen LogP contribution in [0.4, 0.5) is 13.2 Å². The molecule has 0 saturated heterocycles. The van der Waals surface area contributed by atoms with Crippen LogP contribution in [0.1, 0.15) is 5.56 Å². The third kappa shape index (κ3) is 3.27. The molecular formula is C10H10Cl2F3N. The van der Waals surface area contributed by atoms with Gasteiger partial charge in [-0.05, 0) is 18.1 Å². The van der Waals surface area contributed by atoms with E-state index in [1.807, 2.05) is 0 Å². The zero-order valence-corrected chi connectivity index (χ0v) is 9.70. The maximum Gasteiger partial charge on any atom is 0.393 e. The molecule has 0 aliphatic carbocycles. The molecule has 2 N–H and O–H groups in total. The maximum absolute atomic E-state index is 12.5. The smallest absolute Gasteiger partial charge is 0.330 e. The van der Waals surface area contributed by atoms with Gasteiger partial charge in [0, 0.05) is 6.54 Å². The summed E-state index contributed by atoms with van der Waals surface area (Å²) in [7, 11) is 0. The van der Waals surface area contributed by atoms with Gasteiger partial charge in [-0.2, -0.15) is 13.2 Å². The summed E-state index contributed by atoms with van der Waals surface area (Å²) in [5, 5.41) is 0.406. The molecule has 16 heavy (non-hydrogen) atoms. The van der Waals surface area contributed by atoms with Gasteiger partial charge in [0.05, 0.1) is 16.0 Å². The Kier molecular flexibility index (Phi) is 4.47. The Labute approximate surface area is 101 Å². The van der Waals surface area contributed by atoms with Crippen molar-refractivity contribution in [2.45, 2.75) is 12.6 Å². The molecule has 1 unspecified atom stereocenters. The van der Waals surface area contributed by atoms with Crippen molar-refractivity contribution in [3.05, 3.63) is 33.8 Å². The van der Waals surface area contributed by atoms with Gasteiger partial charge < -0.3 is 5.73 Å². The highest BCUT2D eigenvalue weighted by Gasteiger charge is 2.38. The van der Waals surface area contributed by atoms with Crippen molar-refractivity contribution in [3.63, 3.8) is 0 Å². The first kappa shape index (κ1) is 13.6. The molecule has 1 atom stereocenters. The second-order valence-corrected chi connectivity index (χ2v) is 4.18. The van der Waals surface area contributed by atoms with E-state index in [0.29, 0.717) is 5.56 Å². The molecule has 0 amide bonds. The third-order valence-electron chi connectivity index (χ3n) is 2.25. The molecule has 0 aliphatic rings. The lowest BCUT2D eigenvalue weighted by atomic mass is 9.99. The van der Waals surface area contributed by atoms with E-state index >= 15 is 0 Å². The van der Waals surface area contributed by atoms with Crippen LogP contribution in [0.2, 0.25) is 10.0 Å². The Bertz CT molecular complexity index is 366. The highest BCUT2D eigenvalue weighted by Crippen LogP contribution is 2.32. The van der Waals surface area contributed by atoms with Crippen LogP contribution in [-0.4, -0.2) is 12.7 Å². The zero-order chi connectivity index (χ0) is 12.3. The zero-order valence-electron chi connectivity index (χ0n) is 8.19. The summed E-state index contributed by atoms with van der Waals surface area (Å²) in [6.07, 6.45) is -4.57. The molecule has 0 aromatic heterocycles. The molecular weight excluding hydrogens is 262 g/mol. The topological polar surface area (TPSA) is 26.0 Å². The molecule has 6 heteroatoms. The van der Waals surface area contributed by atoms with Crippen molar-refractivity contribution >= 4 is 23.2 Å². The second-order valence-electron chi connectivity index (χ2n) is 3.39. The largest absolute Gasteiger partial charge is 0.393 e. The van der Waals surface area contributed by atoms with Crippen molar-refractivity contribution < 1.29 is 13.2 Å². The fourth-order valence-electron chi connectivity index (χ4n) is 1.30. The van der Waals surface area contributed by atoms with E-state index in [9.17, 15) is 13.2 Å². The highest BCUT2D eigenvalue weighted by atomic mass is 35.5. The molecule has 1 aromatic rings. The van der Waals surface area contributed by atoms with Crippen LogP contribution in [0.3, 0.4) is 0 Å². The Morgan fingerprint density at radius 2 is 1.88 bits per heavy atom. The lowest BCUT2D eigenvalue weighted by molar-refractivity contribution is -0.171. The van der Waals surface area contributed by atoms with Crippen LogP contribution in [0.5, 0.6) is 0 Å². The summed E-state index contributed by atoms with van der Waals surface area (Å²) in [6.45, 7) is -0.466. The number of hydrogen-bond acceptors (Lipinski definition) is 1. The fraction of sp³-hybridized carbons (Fsp3) is 0.400. The quantitative estimate of drug-likeness (QED) is 0.892. The maximum atomic E-state index is 12.5. The number of halogens is 5. The van der Waals surface area contributed by atoms with Crippen molar-refractivity contribution in [1.29, 1.82) is 0 Å². The fourth-order valence-corrected chi connectivity index (χ4v) is 1.70. The van der Waals surface area contributed by atoms with Crippen molar-refractivity contribution in [2.24, 2.45) is 11.7 Å². The SMILES string of the molecule is NCC(Cc1cccc(Cl)c1Cl)C(F)(F)F. The number of hydrogen-bond donors (Lipinski definition) is 1. The number of rotatable bonds is 3. The minimum atomic E-state index is -4.32. The molecule has 0 spiro atoms. The normalized spacial score (nSPS) is 13.9. The lowest BCUT2D eigenvalue weighted by Gasteiger charge is -2.19. The number of nitrogens with two attached hydrogens (primary N) is 1. The Balaban J connectivity index is 2.91. The molecule has 1 rings (SSSR count). The van der Waals surface area contributed by atoms with Gasteiger partial charge in [0.1, 0.15) is 0 Å². The van der Waals surface area contributed by atoms with E-state index in [1.165, 1.54) is 12.1 Å². The molecule has 0 bridgehead atoms. The Morgan fingerprint density at radius 1 is 1.25 bits per heavy atom. The van der Waals surface area contributed by atoms with E-state index in [-0.39, 0.29) is 16.5 Å². The number of benzene rings is 1. The van der Waals surface area contributed by atoms with Crippen molar-refractivity contribution in [3.8, 4) is 0 Å². The summed E-state index contributed by atoms with van der Waals surface area (Å²) >= 11 is 11.5. The third-order valence-corrected chi connectivity index (χ3v) is 3.10. The Hall–Kier alpha value is -0.450. The van der Waals surface area contributed by atoms with E-state index in [2.05, 4.69) is 0 Å². The molecule has 0 aliphatic heterocycles. The predicted octanol–water partition coefficient (Wildman–Crippen LogP) is 3.67. The first-order chi connectivity index (χ1) is 7.36. The first-order valence-corrected chi connectivity index (χ1v) is 5.31. The lowest BCUT2D eigenvalue weighted by Crippen LogP contribution is -2.32. The van der Waals surface area contributed by atoms with Gasteiger partial charge in [0.15, 0.2) is 0 Å². The van der Waals surface area contributed by atoms with Crippen LogP contribution in [0, 0.1) is 5.92 Å². The average Bonchev–Trinajstić information content (AvgIpc) is 2.18.